The molecule has 1 aliphatic rings. The SMILES string of the molecule is CCOc1ccc([C@H](C)NC(=O)C2CCN(c3ccc4nnc(C(F)(F)F)n4n3)CC2)cc1. The average molecular weight is 462 g/mol. The van der Waals surface area contributed by atoms with E-state index in [1.54, 1.807) is 6.07 Å². The molecule has 0 saturated carbocycles. The molecule has 8 nitrogen and oxygen atoms in total. The van der Waals surface area contributed by atoms with E-state index in [-0.39, 0.29) is 23.5 Å². The van der Waals surface area contributed by atoms with Crippen LogP contribution in [-0.4, -0.2) is 45.4 Å². The van der Waals surface area contributed by atoms with E-state index in [4.69, 9.17) is 4.74 Å². The van der Waals surface area contributed by atoms with Crippen LogP contribution >= 0.6 is 0 Å². The van der Waals surface area contributed by atoms with Crippen molar-refractivity contribution in [2.75, 3.05) is 24.6 Å². The number of piperidine rings is 1. The maximum atomic E-state index is 13.1. The smallest absolute Gasteiger partial charge is 0.453 e. The van der Waals surface area contributed by atoms with Crippen molar-refractivity contribution in [2.24, 2.45) is 5.92 Å². The summed E-state index contributed by atoms with van der Waals surface area (Å²) in [5, 5.41) is 13.9. The molecule has 0 bridgehead atoms. The van der Waals surface area contributed by atoms with Crippen molar-refractivity contribution < 1.29 is 22.7 Å². The lowest BCUT2D eigenvalue weighted by Gasteiger charge is -2.32. The highest BCUT2D eigenvalue weighted by Gasteiger charge is 2.38. The summed E-state index contributed by atoms with van der Waals surface area (Å²) < 4.78 is 45.5. The fourth-order valence-corrected chi connectivity index (χ4v) is 3.93. The Morgan fingerprint density at radius 3 is 2.48 bits per heavy atom. The van der Waals surface area contributed by atoms with Crippen LogP contribution in [0, 0.1) is 5.92 Å². The molecular formula is C22H25F3N6O2. The summed E-state index contributed by atoms with van der Waals surface area (Å²) in [6.07, 6.45) is -3.48. The third-order valence-electron chi connectivity index (χ3n) is 5.74. The molecule has 0 radical (unpaired) electrons. The van der Waals surface area contributed by atoms with Gasteiger partial charge in [0.2, 0.25) is 5.91 Å². The van der Waals surface area contributed by atoms with Gasteiger partial charge in [0.25, 0.3) is 5.82 Å². The fourth-order valence-electron chi connectivity index (χ4n) is 3.93. The van der Waals surface area contributed by atoms with Gasteiger partial charge in [0.05, 0.1) is 12.6 Å². The van der Waals surface area contributed by atoms with E-state index in [1.807, 2.05) is 43.0 Å². The van der Waals surface area contributed by atoms with Crippen LogP contribution in [0.15, 0.2) is 36.4 Å². The van der Waals surface area contributed by atoms with E-state index in [1.165, 1.54) is 6.07 Å². The number of ether oxygens (including phenoxy) is 1. The van der Waals surface area contributed by atoms with Gasteiger partial charge < -0.3 is 15.0 Å². The molecule has 4 rings (SSSR count). The predicted molar refractivity (Wildman–Crippen MR) is 115 cm³/mol. The Balaban J connectivity index is 1.36. The largest absolute Gasteiger partial charge is 0.494 e. The van der Waals surface area contributed by atoms with Crippen LogP contribution < -0.4 is 15.0 Å². The zero-order valence-electron chi connectivity index (χ0n) is 18.3. The van der Waals surface area contributed by atoms with Crippen LogP contribution in [0.4, 0.5) is 19.0 Å². The van der Waals surface area contributed by atoms with E-state index in [2.05, 4.69) is 20.6 Å². The van der Waals surface area contributed by atoms with E-state index in [0.29, 0.717) is 42.9 Å². The minimum atomic E-state index is -4.64. The zero-order valence-corrected chi connectivity index (χ0v) is 18.3. The summed E-state index contributed by atoms with van der Waals surface area (Å²) in [6, 6.07) is 10.6. The number of carbonyl (C=O) groups excluding carboxylic acids is 1. The number of halogens is 3. The van der Waals surface area contributed by atoms with E-state index in [0.717, 1.165) is 11.3 Å². The first-order chi connectivity index (χ1) is 15.8. The van der Waals surface area contributed by atoms with Crippen molar-refractivity contribution in [2.45, 2.75) is 38.9 Å². The van der Waals surface area contributed by atoms with Crippen LogP contribution in [0.5, 0.6) is 5.75 Å². The minimum absolute atomic E-state index is 0.0300. The molecule has 1 N–H and O–H groups in total. The lowest BCUT2D eigenvalue weighted by molar-refractivity contribution is -0.146. The highest BCUT2D eigenvalue weighted by atomic mass is 19.4. The Kier molecular flexibility index (Phi) is 6.39. The third-order valence-corrected chi connectivity index (χ3v) is 5.74. The maximum absolute atomic E-state index is 13.1. The second-order valence-electron chi connectivity index (χ2n) is 7.98. The second-order valence-corrected chi connectivity index (χ2v) is 7.98. The molecular weight excluding hydrogens is 437 g/mol. The molecule has 0 unspecified atom stereocenters. The monoisotopic (exact) mass is 462 g/mol. The van der Waals surface area contributed by atoms with Gasteiger partial charge in [-0.1, -0.05) is 12.1 Å². The Morgan fingerprint density at radius 2 is 1.85 bits per heavy atom. The number of nitrogens with one attached hydrogen (secondary N) is 1. The number of amides is 1. The first-order valence-corrected chi connectivity index (χ1v) is 10.8. The molecule has 3 aromatic rings. The Morgan fingerprint density at radius 1 is 1.15 bits per heavy atom. The molecule has 176 valence electrons. The van der Waals surface area contributed by atoms with E-state index >= 15 is 0 Å². The van der Waals surface area contributed by atoms with Crippen LogP contribution in [0.3, 0.4) is 0 Å². The highest BCUT2D eigenvalue weighted by Crippen LogP contribution is 2.29. The summed E-state index contributed by atoms with van der Waals surface area (Å²) >= 11 is 0. The number of carbonyl (C=O) groups is 1. The van der Waals surface area contributed by atoms with Gasteiger partial charge in [0, 0.05) is 19.0 Å². The average Bonchev–Trinajstić information content (AvgIpc) is 3.24. The minimum Gasteiger partial charge on any atom is -0.494 e. The van der Waals surface area contributed by atoms with Crippen molar-refractivity contribution >= 4 is 17.4 Å². The van der Waals surface area contributed by atoms with Crippen LogP contribution in [0.1, 0.15) is 44.1 Å². The lowest BCUT2D eigenvalue weighted by atomic mass is 9.95. The topological polar surface area (TPSA) is 84.6 Å². The Hall–Kier alpha value is -3.37. The number of hydrogen-bond acceptors (Lipinski definition) is 6. The molecule has 1 aliphatic heterocycles. The Bertz CT molecular complexity index is 1110. The van der Waals surface area contributed by atoms with Gasteiger partial charge in [-0.25, -0.2) is 0 Å². The van der Waals surface area contributed by atoms with Crippen molar-refractivity contribution in [1.82, 2.24) is 25.1 Å². The summed E-state index contributed by atoms with van der Waals surface area (Å²) in [6.45, 7) is 5.47. The normalized spacial score (nSPS) is 16.1. The number of fused-ring (bicyclic) bond motifs is 1. The van der Waals surface area contributed by atoms with Gasteiger partial charge in [-0.2, -0.15) is 17.7 Å². The number of hydrogen-bond donors (Lipinski definition) is 1. The first-order valence-electron chi connectivity index (χ1n) is 10.8. The van der Waals surface area contributed by atoms with Crippen LogP contribution in [0.2, 0.25) is 0 Å². The van der Waals surface area contributed by atoms with Crippen molar-refractivity contribution in [3.05, 3.63) is 47.8 Å². The Labute approximate surface area is 188 Å². The molecule has 1 saturated heterocycles. The third kappa shape index (κ3) is 5.01. The molecule has 1 amide bonds. The van der Waals surface area contributed by atoms with E-state index in [9.17, 15) is 18.0 Å². The second kappa shape index (κ2) is 9.24. The van der Waals surface area contributed by atoms with Gasteiger partial charge in [-0.05, 0) is 56.5 Å². The summed E-state index contributed by atoms with van der Waals surface area (Å²) in [5.41, 5.74) is 1.01. The van der Waals surface area contributed by atoms with Gasteiger partial charge in [0.15, 0.2) is 5.65 Å². The lowest BCUT2D eigenvalue weighted by Crippen LogP contribution is -2.41. The molecule has 11 heteroatoms. The van der Waals surface area contributed by atoms with Gasteiger partial charge in [-0.3, -0.25) is 4.79 Å². The summed E-state index contributed by atoms with van der Waals surface area (Å²) in [5.74, 6) is -0.174. The molecule has 1 aromatic carbocycles. The quantitative estimate of drug-likeness (QED) is 0.602. The van der Waals surface area contributed by atoms with Gasteiger partial charge in [-0.15, -0.1) is 15.3 Å². The standard InChI is InChI=1S/C22H25F3N6O2/c1-3-33-17-6-4-15(5-7-17)14(2)26-20(32)16-10-12-30(13-11-16)19-9-8-18-27-28-21(22(23,24)25)31(18)29-19/h4-9,14,16H,3,10-13H2,1-2H3,(H,26,32)/t14-/m0/s1. The number of benzene rings is 1. The zero-order chi connectivity index (χ0) is 23.6. The maximum Gasteiger partial charge on any atom is 0.453 e. The number of rotatable bonds is 6. The summed E-state index contributed by atoms with van der Waals surface area (Å²) in [7, 11) is 0. The molecule has 1 atom stereocenters. The highest BCUT2D eigenvalue weighted by molar-refractivity contribution is 5.79. The molecule has 2 aromatic heterocycles. The van der Waals surface area contributed by atoms with E-state index < -0.39 is 12.0 Å². The van der Waals surface area contributed by atoms with Crippen LogP contribution in [-0.2, 0) is 11.0 Å². The summed E-state index contributed by atoms with van der Waals surface area (Å²) in [4.78, 5) is 14.6. The van der Waals surface area contributed by atoms with Gasteiger partial charge >= 0.3 is 6.18 Å². The predicted octanol–water partition coefficient (Wildman–Crippen LogP) is 3.64. The van der Waals surface area contributed by atoms with Crippen molar-refractivity contribution in [1.29, 1.82) is 0 Å². The van der Waals surface area contributed by atoms with Crippen LogP contribution in [0.25, 0.3) is 5.65 Å². The molecule has 3 heterocycles. The molecule has 1 fully saturated rings. The van der Waals surface area contributed by atoms with Gasteiger partial charge in [0.1, 0.15) is 11.6 Å². The number of anilines is 1. The number of nitrogens with zero attached hydrogens (tertiary/aromatic N) is 5. The first kappa shape index (κ1) is 22.8. The molecule has 33 heavy (non-hydrogen) atoms. The number of alkyl halides is 3. The van der Waals surface area contributed by atoms with Crippen molar-refractivity contribution in [3.63, 3.8) is 0 Å². The molecule has 0 aliphatic carbocycles. The van der Waals surface area contributed by atoms with Crippen molar-refractivity contribution in [3.8, 4) is 5.75 Å². The molecule has 0 spiro atoms. The number of aromatic nitrogens is 4. The fraction of sp³-hybridized carbons (Fsp3) is 0.455.